The van der Waals surface area contributed by atoms with Crippen molar-refractivity contribution < 1.29 is 9.47 Å². The van der Waals surface area contributed by atoms with Crippen molar-refractivity contribution in [1.29, 1.82) is 0 Å². The maximum Gasteiger partial charge on any atom is 0.249 e. The monoisotopic (exact) mass is 365 g/mol. The fraction of sp³-hybridized carbons (Fsp3) is 0.250. The molecular formula is C20H23N5O2. The van der Waals surface area contributed by atoms with Crippen molar-refractivity contribution >= 4 is 17.5 Å². The Morgan fingerprint density at radius 1 is 1.00 bits per heavy atom. The quantitative estimate of drug-likeness (QED) is 0.589. The Morgan fingerprint density at radius 2 is 1.78 bits per heavy atom. The first-order valence-corrected chi connectivity index (χ1v) is 8.69. The Balaban J connectivity index is 1.52. The topological polar surface area (TPSA) is 81.2 Å². The number of hydrogen-bond donors (Lipinski definition) is 2. The molecule has 0 bridgehead atoms. The molecule has 0 aliphatic heterocycles. The number of hydrogen-bond acceptors (Lipinski definition) is 7. The molecule has 0 amide bonds. The molecule has 2 N–H and O–H groups in total. The van der Waals surface area contributed by atoms with Crippen LogP contribution in [0.1, 0.15) is 11.1 Å². The molecule has 0 atom stereocenters. The third-order valence-corrected chi connectivity index (χ3v) is 3.93. The normalized spacial score (nSPS) is 10.3. The summed E-state index contributed by atoms with van der Waals surface area (Å²) < 4.78 is 10.8. The van der Waals surface area contributed by atoms with Gasteiger partial charge in [-0.25, -0.2) is 0 Å². The molecule has 2 aromatic carbocycles. The highest BCUT2D eigenvalue weighted by molar-refractivity contribution is 5.59. The predicted octanol–water partition coefficient (Wildman–Crippen LogP) is 3.73. The van der Waals surface area contributed by atoms with Gasteiger partial charge in [0.2, 0.25) is 5.95 Å². The summed E-state index contributed by atoms with van der Waals surface area (Å²) in [5.74, 6) is 2.67. The van der Waals surface area contributed by atoms with Gasteiger partial charge in [0.05, 0.1) is 19.9 Å². The Labute approximate surface area is 158 Å². The number of nitrogens with one attached hydrogen (secondary N) is 2. The maximum atomic E-state index is 5.68. The van der Waals surface area contributed by atoms with E-state index < -0.39 is 0 Å². The van der Waals surface area contributed by atoms with Gasteiger partial charge in [0.15, 0.2) is 5.82 Å². The Morgan fingerprint density at radius 3 is 2.56 bits per heavy atom. The van der Waals surface area contributed by atoms with Crippen LogP contribution in [-0.4, -0.2) is 35.4 Å². The van der Waals surface area contributed by atoms with E-state index in [1.54, 1.807) is 13.3 Å². The van der Waals surface area contributed by atoms with Crippen LogP contribution in [0.4, 0.5) is 17.5 Å². The second-order valence-corrected chi connectivity index (χ2v) is 6.06. The summed E-state index contributed by atoms with van der Waals surface area (Å²) in [4.78, 5) is 4.44. The van der Waals surface area contributed by atoms with Gasteiger partial charge in [-0.2, -0.15) is 10.1 Å². The van der Waals surface area contributed by atoms with Crippen molar-refractivity contribution in [2.75, 3.05) is 30.9 Å². The molecule has 1 heterocycles. The van der Waals surface area contributed by atoms with Crippen LogP contribution < -0.4 is 20.1 Å². The zero-order chi connectivity index (χ0) is 19.1. The van der Waals surface area contributed by atoms with E-state index in [0.717, 1.165) is 22.7 Å². The standard InChI is InChI=1S/C20H23N5O2/c1-14-4-5-15(2)18(12-14)23-20-24-19(13-22-25-20)21-10-11-27-17-8-6-16(26-3)7-9-17/h4-9,12-13H,10-11H2,1-3H3,(H2,21,23,24,25). The van der Waals surface area contributed by atoms with Crippen LogP contribution in [0.5, 0.6) is 11.5 Å². The fourth-order valence-electron chi connectivity index (χ4n) is 2.45. The molecule has 0 saturated heterocycles. The lowest BCUT2D eigenvalue weighted by Gasteiger charge is -2.11. The highest BCUT2D eigenvalue weighted by Crippen LogP contribution is 2.20. The third-order valence-electron chi connectivity index (χ3n) is 3.93. The van der Waals surface area contributed by atoms with E-state index in [2.05, 4.69) is 44.0 Å². The van der Waals surface area contributed by atoms with Crippen molar-refractivity contribution in [1.82, 2.24) is 15.2 Å². The molecule has 0 fully saturated rings. The lowest BCUT2D eigenvalue weighted by molar-refractivity contribution is 0.331. The van der Waals surface area contributed by atoms with Gasteiger partial charge in [0.25, 0.3) is 0 Å². The van der Waals surface area contributed by atoms with Crippen LogP contribution >= 0.6 is 0 Å². The van der Waals surface area contributed by atoms with Gasteiger partial charge in [0.1, 0.15) is 18.1 Å². The second kappa shape index (κ2) is 8.84. The maximum absolute atomic E-state index is 5.68. The molecule has 27 heavy (non-hydrogen) atoms. The Hall–Kier alpha value is -3.35. The lowest BCUT2D eigenvalue weighted by Crippen LogP contribution is -2.13. The minimum absolute atomic E-state index is 0.449. The summed E-state index contributed by atoms with van der Waals surface area (Å²) in [7, 11) is 1.64. The van der Waals surface area contributed by atoms with Crippen LogP contribution in [0.3, 0.4) is 0 Å². The molecule has 0 unspecified atom stereocenters. The van der Waals surface area contributed by atoms with Gasteiger partial charge in [-0.3, -0.25) is 0 Å². The lowest BCUT2D eigenvalue weighted by atomic mass is 10.1. The van der Waals surface area contributed by atoms with Crippen molar-refractivity contribution in [2.45, 2.75) is 13.8 Å². The summed E-state index contributed by atoms with van der Waals surface area (Å²) in [5, 5.41) is 14.4. The molecule has 0 aliphatic rings. The zero-order valence-corrected chi connectivity index (χ0v) is 15.7. The van der Waals surface area contributed by atoms with E-state index >= 15 is 0 Å². The highest BCUT2D eigenvalue weighted by Gasteiger charge is 2.04. The van der Waals surface area contributed by atoms with Crippen LogP contribution in [0.2, 0.25) is 0 Å². The number of aryl methyl sites for hydroxylation is 2. The molecule has 0 saturated carbocycles. The molecule has 7 nitrogen and oxygen atoms in total. The summed E-state index contributed by atoms with van der Waals surface area (Å²) in [6.07, 6.45) is 1.58. The smallest absolute Gasteiger partial charge is 0.249 e. The van der Waals surface area contributed by atoms with Gasteiger partial charge in [-0.05, 0) is 55.3 Å². The number of anilines is 3. The molecule has 3 aromatic rings. The molecule has 1 aromatic heterocycles. The van der Waals surface area contributed by atoms with Crippen LogP contribution in [0, 0.1) is 13.8 Å². The van der Waals surface area contributed by atoms with Crippen molar-refractivity contribution in [2.24, 2.45) is 0 Å². The number of rotatable bonds is 8. The van der Waals surface area contributed by atoms with Gasteiger partial charge in [0, 0.05) is 5.69 Å². The molecule has 3 rings (SSSR count). The fourth-order valence-corrected chi connectivity index (χ4v) is 2.45. The van der Waals surface area contributed by atoms with Crippen LogP contribution in [0.15, 0.2) is 48.7 Å². The molecule has 0 spiro atoms. The summed E-state index contributed by atoms with van der Waals surface area (Å²) in [6, 6.07) is 13.7. The van der Waals surface area contributed by atoms with Gasteiger partial charge in [-0.15, -0.1) is 5.10 Å². The minimum atomic E-state index is 0.449. The number of aromatic nitrogens is 3. The molecule has 140 valence electrons. The molecule has 0 radical (unpaired) electrons. The van der Waals surface area contributed by atoms with Gasteiger partial charge >= 0.3 is 0 Å². The minimum Gasteiger partial charge on any atom is -0.497 e. The van der Waals surface area contributed by atoms with Crippen LogP contribution in [-0.2, 0) is 0 Å². The first kappa shape index (κ1) is 18.4. The first-order chi connectivity index (χ1) is 13.1. The van der Waals surface area contributed by atoms with E-state index in [-0.39, 0.29) is 0 Å². The second-order valence-electron chi connectivity index (χ2n) is 6.06. The number of nitrogens with zero attached hydrogens (tertiary/aromatic N) is 3. The predicted molar refractivity (Wildman–Crippen MR) is 106 cm³/mol. The van der Waals surface area contributed by atoms with E-state index in [1.807, 2.05) is 38.1 Å². The van der Waals surface area contributed by atoms with Gasteiger partial charge < -0.3 is 20.1 Å². The number of ether oxygens (including phenoxy) is 2. The zero-order valence-electron chi connectivity index (χ0n) is 15.7. The van der Waals surface area contributed by atoms with E-state index in [1.165, 1.54) is 5.56 Å². The summed E-state index contributed by atoms with van der Waals surface area (Å²) in [5.41, 5.74) is 3.26. The van der Waals surface area contributed by atoms with E-state index in [0.29, 0.717) is 24.9 Å². The van der Waals surface area contributed by atoms with Crippen LogP contribution in [0.25, 0.3) is 0 Å². The molecule has 7 heteroatoms. The van der Waals surface area contributed by atoms with Crippen molar-refractivity contribution in [3.8, 4) is 11.5 Å². The largest absolute Gasteiger partial charge is 0.497 e. The first-order valence-electron chi connectivity index (χ1n) is 8.69. The van der Waals surface area contributed by atoms with E-state index in [9.17, 15) is 0 Å². The average Bonchev–Trinajstić information content (AvgIpc) is 2.69. The number of methoxy groups -OCH3 is 1. The Kier molecular flexibility index (Phi) is 6.04. The Bertz CT molecular complexity index is 884. The highest BCUT2D eigenvalue weighted by atomic mass is 16.5. The van der Waals surface area contributed by atoms with Gasteiger partial charge in [-0.1, -0.05) is 12.1 Å². The number of benzene rings is 2. The molecular weight excluding hydrogens is 342 g/mol. The van der Waals surface area contributed by atoms with Crippen molar-refractivity contribution in [3.05, 3.63) is 59.8 Å². The molecule has 0 aliphatic carbocycles. The van der Waals surface area contributed by atoms with Crippen molar-refractivity contribution in [3.63, 3.8) is 0 Å². The summed E-state index contributed by atoms with van der Waals surface area (Å²) >= 11 is 0. The third kappa shape index (κ3) is 5.31. The summed E-state index contributed by atoms with van der Waals surface area (Å²) in [6.45, 7) is 5.17. The average molecular weight is 365 g/mol. The van der Waals surface area contributed by atoms with E-state index in [4.69, 9.17) is 9.47 Å². The SMILES string of the molecule is COc1ccc(OCCNc2cnnc(Nc3cc(C)ccc3C)n2)cc1.